The Kier molecular flexibility index (Phi) is 1.21. The molecule has 0 fully saturated rings. The number of thiol groups is 1. The third kappa shape index (κ3) is 0.866. The molecule has 1 heterocycles. The maximum Gasteiger partial charge on any atom is 0.305 e. The third-order valence-corrected chi connectivity index (χ3v) is 0.733. The predicted octanol–water partition coefficient (Wildman–Crippen LogP) is 0.633. The van der Waals surface area contributed by atoms with Gasteiger partial charge in [0.2, 0.25) is 0 Å². The normalized spacial score (nSPS) is 8.71. The third-order valence-electron chi connectivity index (χ3n) is 0.560. The molecule has 1 aromatic heterocycles. The molecule has 1 rings (SSSR count). The second-order valence-electron chi connectivity index (χ2n) is 0.986. The number of imidazole rings is 1. The molecule has 0 saturated carbocycles. The molecule has 0 aliphatic carbocycles. The lowest BCUT2D eigenvalue weighted by molar-refractivity contribution is 0.605. The van der Waals surface area contributed by atoms with Gasteiger partial charge in [0.15, 0.2) is 0 Å². The molecular weight excluding hydrogens is 112 g/mol. The Morgan fingerprint density at radius 1 is 1.86 bits per heavy atom. The molecule has 1 aromatic rings. The summed E-state index contributed by atoms with van der Waals surface area (Å²) >= 11 is 3.48. The molecule has 7 heavy (non-hydrogen) atoms. The lowest BCUT2D eigenvalue weighted by Crippen LogP contribution is -1.73. The lowest BCUT2D eigenvalue weighted by Gasteiger charge is -1.82. The van der Waals surface area contributed by atoms with Gasteiger partial charge in [-0.3, -0.25) is 0 Å². The van der Waals surface area contributed by atoms with Gasteiger partial charge in [0.1, 0.15) is 0 Å². The molecule has 0 atom stereocenters. The van der Waals surface area contributed by atoms with E-state index in [1.165, 1.54) is 0 Å². The van der Waals surface area contributed by atoms with E-state index in [-0.39, 0.29) is 0 Å². The minimum atomic E-state index is 0.420. The van der Waals surface area contributed by atoms with Gasteiger partial charge < -0.3 is 9.17 Å². The second-order valence-corrected chi connectivity index (χ2v) is 1.17. The van der Waals surface area contributed by atoms with E-state index in [1.54, 1.807) is 12.4 Å². The zero-order valence-electron chi connectivity index (χ0n) is 3.46. The molecule has 0 aliphatic rings. The molecule has 1 N–H and O–H groups in total. The highest BCUT2D eigenvalue weighted by atomic mass is 32.1. The van der Waals surface area contributed by atoms with E-state index in [9.17, 15) is 0 Å². The Morgan fingerprint density at radius 3 is 3.00 bits per heavy atom. The zero-order chi connectivity index (χ0) is 5.11. The highest BCUT2D eigenvalue weighted by Gasteiger charge is 1.84. The number of hydrogen-bond donors (Lipinski definition) is 2. The van der Waals surface area contributed by atoms with Crippen molar-refractivity contribution in [2.24, 2.45) is 0 Å². The van der Waals surface area contributed by atoms with Crippen molar-refractivity contribution in [3.63, 3.8) is 0 Å². The molecule has 4 heteroatoms. The first-order valence-corrected chi connectivity index (χ1v) is 2.11. The summed E-state index contributed by atoms with van der Waals surface area (Å²) in [7, 11) is 0. The second kappa shape index (κ2) is 1.88. The quantitative estimate of drug-likeness (QED) is 0.417. The van der Waals surface area contributed by atoms with Crippen LogP contribution >= 0.6 is 12.9 Å². The molecule has 38 valence electrons. The van der Waals surface area contributed by atoms with Crippen LogP contribution in [0, 0.1) is 0 Å². The maximum absolute atomic E-state index is 4.38. The van der Waals surface area contributed by atoms with Crippen molar-refractivity contribution in [1.29, 1.82) is 0 Å². The minimum Gasteiger partial charge on any atom is -0.394 e. The number of aromatic nitrogens is 2. The van der Waals surface area contributed by atoms with Crippen molar-refractivity contribution in [2.75, 3.05) is 0 Å². The minimum absolute atomic E-state index is 0.420. The first-order chi connectivity index (χ1) is 3.43. The summed E-state index contributed by atoms with van der Waals surface area (Å²) < 4.78 is 4.38. The molecule has 0 aromatic carbocycles. The Hall–Kier alpha value is -0.640. The Labute approximate surface area is 46.3 Å². The van der Waals surface area contributed by atoms with Crippen molar-refractivity contribution in [1.82, 2.24) is 9.97 Å². The van der Waals surface area contributed by atoms with Gasteiger partial charge in [-0.2, -0.15) is 0 Å². The summed E-state index contributed by atoms with van der Waals surface area (Å²) in [6.07, 6.45) is 3.25. The fourth-order valence-corrected chi connectivity index (χ4v) is 0.401. The summed E-state index contributed by atoms with van der Waals surface area (Å²) in [6, 6.07) is 0.420. The van der Waals surface area contributed by atoms with Gasteiger partial charge in [0.05, 0.1) is 0 Å². The fraction of sp³-hybridized carbons (Fsp3) is 0. The van der Waals surface area contributed by atoms with Gasteiger partial charge in [-0.25, -0.2) is 4.98 Å². The largest absolute Gasteiger partial charge is 0.394 e. The average Bonchev–Trinajstić information content (AvgIpc) is 2.14. The van der Waals surface area contributed by atoms with E-state index < -0.39 is 0 Å². The van der Waals surface area contributed by atoms with Crippen LogP contribution in [0.1, 0.15) is 0 Å². The number of rotatable bonds is 1. The summed E-state index contributed by atoms with van der Waals surface area (Å²) in [6.45, 7) is 0. The summed E-state index contributed by atoms with van der Waals surface area (Å²) in [5, 5.41) is 0. The van der Waals surface area contributed by atoms with Crippen molar-refractivity contribution in [3.05, 3.63) is 12.4 Å². The van der Waals surface area contributed by atoms with Gasteiger partial charge in [0.25, 0.3) is 0 Å². The van der Waals surface area contributed by atoms with Crippen LogP contribution in [0.2, 0.25) is 0 Å². The topological polar surface area (TPSA) is 37.9 Å². The number of nitrogens with one attached hydrogen (secondary N) is 1. The fourth-order valence-electron chi connectivity index (χ4n) is 0.301. The van der Waals surface area contributed by atoms with E-state index in [4.69, 9.17) is 0 Å². The molecule has 0 radical (unpaired) electrons. The molecule has 0 bridgehead atoms. The van der Waals surface area contributed by atoms with Crippen molar-refractivity contribution >= 4 is 12.9 Å². The van der Waals surface area contributed by atoms with Gasteiger partial charge in [-0.1, -0.05) is 0 Å². The molecule has 3 nitrogen and oxygen atoms in total. The van der Waals surface area contributed by atoms with Crippen molar-refractivity contribution in [2.45, 2.75) is 0 Å². The molecule has 0 unspecified atom stereocenters. The first-order valence-electron chi connectivity index (χ1n) is 1.74. The highest BCUT2D eigenvalue weighted by molar-refractivity contribution is 7.75. The van der Waals surface area contributed by atoms with Crippen LogP contribution in [-0.4, -0.2) is 9.97 Å². The highest BCUT2D eigenvalue weighted by Crippen LogP contribution is 1.98. The van der Waals surface area contributed by atoms with E-state index in [2.05, 4.69) is 27.1 Å². The van der Waals surface area contributed by atoms with Crippen molar-refractivity contribution < 1.29 is 4.18 Å². The van der Waals surface area contributed by atoms with Gasteiger partial charge in [-0.05, 0) is 0 Å². The van der Waals surface area contributed by atoms with Crippen LogP contribution in [0.15, 0.2) is 12.4 Å². The summed E-state index contributed by atoms with van der Waals surface area (Å²) in [5.74, 6) is 0. The van der Waals surface area contributed by atoms with E-state index in [0.717, 1.165) is 0 Å². The first kappa shape index (κ1) is 4.52. The lowest BCUT2D eigenvalue weighted by atomic mass is 11.0. The smallest absolute Gasteiger partial charge is 0.305 e. The van der Waals surface area contributed by atoms with Gasteiger partial charge in [0, 0.05) is 25.3 Å². The van der Waals surface area contributed by atoms with E-state index in [0.29, 0.717) is 6.01 Å². The number of aromatic amines is 1. The number of nitrogens with zero attached hydrogens (tertiary/aromatic N) is 1. The van der Waals surface area contributed by atoms with Crippen LogP contribution in [0.3, 0.4) is 0 Å². The van der Waals surface area contributed by atoms with E-state index in [1.807, 2.05) is 0 Å². The Morgan fingerprint density at radius 2 is 2.71 bits per heavy atom. The number of hydrogen-bond acceptors (Lipinski definition) is 3. The van der Waals surface area contributed by atoms with Crippen LogP contribution in [-0.2, 0) is 0 Å². The van der Waals surface area contributed by atoms with Gasteiger partial charge in [-0.15, -0.1) is 0 Å². The summed E-state index contributed by atoms with van der Waals surface area (Å²) in [5.41, 5.74) is 0. The standard InChI is InChI=1S/C3H4N2OS/c7-6-3-4-1-2-5-3/h1-2,7H,(H,4,5). The average molecular weight is 116 g/mol. The predicted molar refractivity (Wildman–Crippen MR) is 28.2 cm³/mol. The molecule has 0 saturated heterocycles. The molecular formula is C3H4N2OS. The Balaban J connectivity index is 2.76. The molecule has 0 amide bonds. The van der Waals surface area contributed by atoms with Crippen LogP contribution < -0.4 is 4.18 Å². The van der Waals surface area contributed by atoms with Crippen LogP contribution in [0.4, 0.5) is 0 Å². The number of H-pyrrole nitrogens is 1. The van der Waals surface area contributed by atoms with Gasteiger partial charge >= 0.3 is 6.01 Å². The van der Waals surface area contributed by atoms with Crippen LogP contribution in [0.5, 0.6) is 6.01 Å². The molecule has 0 aliphatic heterocycles. The zero-order valence-corrected chi connectivity index (χ0v) is 4.35. The summed E-state index contributed by atoms with van der Waals surface area (Å²) in [4.78, 5) is 6.36. The van der Waals surface area contributed by atoms with E-state index >= 15 is 0 Å². The van der Waals surface area contributed by atoms with Crippen molar-refractivity contribution in [3.8, 4) is 6.01 Å². The maximum atomic E-state index is 4.38. The Bertz CT molecular complexity index is 127. The molecule has 0 spiro atoms. The van der Waals surface area contributed by atoms with Crippen LogP contribution in [0.25, 0.3) is 0 Å². The SMILES string of the molecule is SOc1ncc[nH]1. The monoisotopic (exact) mass is 116 g/mol.